The number of rotatable bonds is 3. The van der Waals surface area contributed by atoms with Crippen LogP contribution >= 0.6 is 23.2 Å². The molecule has 0 amide bonds. The minimum atomic E-state index is -0.434. The zero-order chi connectivity index (χ0) is 11.6. The van der Waals surface area contributed by atoms with Crippen LogP contribution in [0.2, 0.25) is 5.02 Å². The smallest absolute Gasteiger partial charge is 0.138 e. The van der Waals surface area contributed by atoms with E-state index in [-0.39, 0.29) is 5.41 Å². The first kappa shape index (κ1) is 11.9. The van der Waals surface area contributed by atoms with Crippen LogP contribution in [0, 0.1) is 0 Å². The summed E-state index contributed by atoms with van der Waals surface area (Å²) in [5, 5.41) is 0.283. The van der Waals surface area contributed by atoms with Gasteiger partial charge in [0.25, 0.3) is 0 Å². The summed E-state index contributed by atoms with van der Waals surface area (Å²) in [5.41, 5.74) is 0.968. The lowest BCUT2D eigenvalue weighted by Gasteiger charge is -2.31. The van der Waals surface area contributed by atoms with Crippen LogP contribution in [0.5, 0.6) is 0 Å². The first-order valence-electron chi connectivity index (χ1n) is 5.54. The highest BCUT2D eigenvalue weighted by Gasteiger charge is 2.41. The fraction of sp³-hybridized carbons (Fsp3) is 0.462. The van der Waals surface area contributed by atoms with Crippen LogP contribution in [0.4, 0.5) is 0 Å². The van der Waals surface area contributed by atoms with Gasteiger partial charge in [0.2, 0.25) is 0 Å². The maximum Gasteiger partial charge on any atom is 0.138 e. The van der Waals surface area contributed by atoms with E-state index >= 15 is 0 Å². The molecular formula is C13H14Cl2O. The summed E-state index contributed by atoms with van der Waals surface area (Å²) < 4.78 is 0. The first-order chi connectivity index (χ1) is 7.69. The summed E-state index contributed by atoms with van der Waals surface area (Å²) in [6, 6.07) is 7.72. The summed E-state index contributed by atoms with van der Waals surface area (Å²) in [6.45, 7) is 0. The molecular weight excluding hydrogens is 243 g/mol. The second-order valence-electron chi connectivity index (χ2n) is 4.41. The molecule has 0 aromatic heterocycles. The largest absolute Gasteiger partial charge is 0.302 e. The van der Waals surface area contributed by atoms with E-state index in [4.69, 9.17) is 23.2 Å². The predicted molar refractivity (Wildman–Crippen MR) is 67.3 cm³/mol. The molecule has 0 spiro atoms. The molecule has 86 valence electrons. The van der Waals surface area contributed by atoms with Gasteiger partial charge in [0.1, 0.15) is 6.29 Å². The summed E-state index contributed by atoms with van der Waals surface area (Å²) in [7, 11) is 0. The van der Waals surface area contributed by atoms with Crippen molar-refractivity contribution < 1.29 is 4.79 Å². The molecule has 1 aromatic rings. The minimum absolute atomic E-state index is 0.173. The number of hydrogen-bond donors (Lipinski definition) is 0. The zero-order valence-corrected chi connectivity index (χ0v) is 10.5. The molecule has 1 aromatic carbocycles. The van der Waals surface area contributed by atoms with Crippen molar-refractivity contribution in [2.45, 2.75) is 36.5 Å². The van der Waals surface area contributed by atoms with E-state index in [0.29, 0.717) is 5.02 Å². The first-order valence-corrected chi connectivity index (χ1v) is 6.36. The van der Waals surface area contributed by atoms with Crippen molar-refractivity contribution in [3.05, 3.63) is 34.9 Å². The highest BCUT2D eigenvalue weighted by Crippen LogP contribution is 2.45. The Morgan fingerprint density at radius 2 is 1.75 bits per heavy atom. The van der Waals surface area contributed by atoms with Crippen LogP contribution in [-0.4, -0.2) is 11.7 Å². The normalized spacial score (nSPS) is 20.6. The Morgan fingerprint density at radius 1 is 1.19 bits per heavy atom. The number of halogens is 2. The highest BCUT2D eigenvalue weighted by molar-refractivity contribution is 6.30. The van der Waals surface area contributed by atoms with E-state index in [9.17, 15) is 4.79 Å². The maximum atomic E-state index is 11.0. The van der Waals surface area contributed by atoms with E-state index in [1.807, 2.05) is 24.3 Å². The van der Waals surface area contributed by atoms with Gasteiger partial charge in [0.05, 0.1) is 5.38 Å². The van der Waals surface area contributed by atoms with E-state index in [2.05, 4.69) is 0 Å². The molecule has 0 saturated heterocycles. The van der Waals surface area contributed by atoms with Gasteiger partial charge < -0.3 is 4.79 Å². The van der Waals surface area contributed by atoms with Crippen LogP contribution in [0.25, 0.3) is 0 Å². The van der Waals surface area contributed by atoms with Gasteiger partial charge >= 0.3 is 0 Å². The molecule has 16 heavy (non-hydrogen) atoms. The van der Waals surface area contributed by atoms with Gasteiger partial charge in [-0.3, -0.25) is 0 Å². The van der Waals surface area contributed by atoms with E-state index in [1.165, 1.54) is 0 Å². The third kappa shape index (κ3) is 1.99. The fourth-order valence-electron chi connectivity index (χ4n) is 2.64. The lowest BCUT2D eigenvalue weighted by molar-refractivity contribution is -0.108. The molecule has 1 atom stereocenters. The molecule has 1 aliphatic rings. The monoisotopic (exact) mass is 256 g/mol. The Hall–Kier alpha value is -0.530. The quantitative estimate of drug-likeness (QED) is 0.591. The lowest BCUT2D eigenvalue weighted by Crippen LogP contribution is -2.34. The van der Waals surface area contributed by atoms with Gasteiger partial charge in [-0.05, 0) is 30.5 Å². The molecule has 1 nitrogen and oxygen atoms in total. The molecule has 0 aliphatic heterocycles. The molecule has 0 radical (unpaired) electrons. The lowest BCUT2D eigenvalue weighted by atomic mass is 9.76. The molecule has 0 bridgehead atoms. The standard InChI is InChI=1S/C13H14Cl2O/c14-11-5-3-10(4-6-11)13(12(15)9-16)7-1-2-8-13/h3-6,9,12H,1-2,7-8H2. The van der Waals surface area contributed by atoms with E-state index in [0.717, 1.165) is 37.5 Å². The average Bonchev–Trinajstić information content (AvgIpc) is 2.79. The molecule has 0 N–H and O–H groups in total. The highest BCUT2D eigenvalue weighted by atomic mass is 35.5. The SMILES string of the molecule is O=CC(Cl)C1(c2ccc(Cl)cc2)CCCC1. The predicted octanol–water partition coefficient (Wildman–Crippen LogP) is 3.96. The molecule has 1 aliphatic carbocycles. The topological polar surface area (TPSA) is 17.1 Å². The summed E-state index contributed by atoms with van der Waals surface area (Å²) >= 11 is 12.1. The Balaban J connectivity index is 2.39. The van der Waals surface area contributed by atoms with Gasteiger partial charge in [-0.25, -0.2) is 0 Å². The summed E-state index contributed by atoms with van der Waals surface area (Å²) in [6.07, 6.45) is 5.12. The summed E-state index contributed by atoms with van der Waals surface area (Å²) in [5.74, 6) is 0. The second kappa shape index (κ2) is 4.77. The number of carbonyl (C=O) groups is 1. The third-order valence-corrected chi connectivity index (χ3v) is 4.33. The van der Waals surface area contributed by atoms with Gasteiger partial charge in [0, 0.05) is 10.4 Å². The zero-order valence-electron chi connectivity index (χ0n) is 8.96. The van der Waals surface area contributed by atoms with Crippen molar-refractivity contribution in [2.24, 2.45) is 0 Å². The average molecular weight is 257 g/mol. The van der Waals surface area contributed by atoms with Gasteiger partial charge in [0.15, 0.2) is 0 Å². The number of hydrogen-bond acceptors (Lipinski definition) is 1. The van der Waals surface area contributed by atoms with Crippen molar-refractivity contribution in [2.75, 3.05) is 0 Å². The van der Waals surface area contributed by atoms with Crippen LogP contribution < -0.4 is 0 Å². The van der Waals surface area contributed by atoms with Crippen molar-refractivity contribution >= 4 is 29.5 Å². The molecule has 1 unspecified atom stereocenters. The Labute approximate surface area is 106 Å². The van der Waals surface area contributed by atoms with Crippen molar-refractivity contribution in [3.8, 4) is 0 Å². The van der Waals surface area contributed by atoms with Crippen molar-refractivity contribution in [1.82, 2.24) is 0 Å². The Bertz CT molecular complexity index is 366. The third-order valence-electron chi connectivity index (χ3n) is 3.56. The molecule has 1 saturated carbocycles. The minimum Gasteiger partial charge on any atom is -0.302 e. The molecule has 1 fully saturated rings. The summed E-state index contributed by atoms with van der Waals surface area (Å²) in [4.78, 5) is 11.0. The van der Waals surface area contributed by atoms with Gasteiger partial charge in [-0.1, -0.05) is 36.6 Å². The molecule has 0 heterocycles. The second-order valence-corrected chi connectivity index (χ2v) is 5.31. The Morgan fingerprint density at radius 3 is 2.25 bits per heavy atom. The number of alkyl halides is 1. The maximum absolute atomic E-state index is 11.0. The van der Waals surface area contributed by atoms with E-state index in [1.54, 1.807) is 0 Å². The van der Waals surface area contributed by atoms with Crippen molar-refractivity contribution in [3.63, 3.8) is 0 Å². The van der Waals surface area contributed by atoms with Crippen molar-refractivity contribution in [1.29, 1.82) is 0 Å². The fourth-order valence-corrected chi connectivity index (χ4v) is 3.11. The van der Waals surface area contributed by atoms with Gasteiger partial charge in [-0.2, -0.15) is 0 Å². The van der Waals surface area contributed by atoms with Gasteiger partial charge in [-0.15, -0.1) is 11.6 Å². The van der Waals surface area contributed by atoms with Crippen LogP contribution in [0.1, 0.15) is 31.2 Å². The molecule has 2 rings (SSSR count). The van der Waals surface area contributed by atoms with E-state index < -0.39 is 5.38 Å². The van der Waals surface area contributed by atoms with Crippen LogP contribution in [0.3, 0.4) is 0 Å². The van der Waals surface area contributed by atoms with Crippen LogP contribution in [-0.2, 0) is 10.2 Å². The number of aldehydes is 1. The number of benzene rings is 1. The van der Waals surface area contributed by atoms with Crippen LogP contribution in [0.15, 0.2) is 24.3 Å². The number of carbonyl (C=O) groups excluding carboxylic acids is 1. The Kier molecular flexibility index (Phi) is 3.56. The molecule has 3 heteroatoms.